The third kappa shape index (κ3) is 6.33. The fourth-order valence-corrected chi connectivity index (χ4v) is 3.61. The summed E-state index contributed by atoms with van der Waals surface area (Å²) < 4.78 is 38.1. The summed E-state index contributed by atoms with van der Waals surface area (Å²) in [4.78, 5) is 31.0. The van der Waals surface area contributed by atoms with Crippen molar-refractivity contribution in [3.8, 4) is 0 Å². The quantitative estimate of drug-likeness (QED) is 0.339. The van der Waals surface area contributed by atoms with E-state index >= 15 is 0 Å². The van der Waals surface area contributed by atoms with Gasteiger partial charge in [-0.05, 0) is 31.0 Å². The Labute approximate surface area is 178 Å². The Morgan fingerprint density at radius 3 is 2.61 bits per heavy atom. The highest BCUT2D eigenvalue weighted by Crippen LogP contribution is 2.29. The molecule has 3 amide bonds. The number of likely N-dealkylation sites (tertiary alicyclic amines) is 1. The number of benzene rings is 1. The van der Waals surface area contributed by atoms with Crippen LogP contribution in [0, 0.1) is 0 Å². The zero-order valence-electron chi connectivity index (χ0n) is 17.3. The molecule has 1 unspecified atom stereocenters. The van der Waals surface area contributed by atoms with E-state index in [0.717, 1.165) is 42.1 Å². The molecule has 31 heavy (non-hydrogen) atoms. The number of amides is 3. The number of nitrogens with one attached hydrogen (secondary N) is 3. The van der Waals surface area contributed by atoms with Gasteiger partial charge in [-0.2, -0.15) is 13.2 Å². The monoisotopic (exact) mass is 440 g/mol. The number of guanidine groups is 1. The van der Waals surface area contributed by atoms with Crippen LogP contribution in [0.4, 0.5) is 18.0 Å². The average Bonchev–Trinajstić information content (AvgIpc) is 3.28. The molecule has 1 atom stereocenters. The van der Waals surface area contributed by atoms with E-state index in [1.807, 2.05) is 6.92 Å². The summed E-state index contributed by atoms with van der Waals surface area (Å²) in [6.45, 7) is 5.27. The maximum Gasteiger partial charge on any atom is 0.416 e. The van der Waals surface area contributed by atoms with E-state index in [4.69, 9.17) is 0 Å². The summed E-state index contributed by atoms with van der Waals surface area (Å²) in [5.74, 6) is 0.351. The lowest BCUT2D eigenvalue weighted by Gasteiger charge is -2.19. The molecule has 2 aliphatic heterocycles. The van der Waals surface area contributed by atoms with Gasteiger partial charge < -0.3 is 16.0 Å². The van der Waals surface area contributed by atoms with Crippen LogP contribution in [-0.2, 0) is 17.5 Å². The third-order valence-corrected chi connectivity index (χ3v) is 5.18. The van der Waals surface area contributed by atoms with Crippen LogP contribution in [0.5, 0.6) is 0 Å². The molecule has 0 bridgehead atoms. The molecule has 2 saturated heterocycles. The second-order valence-electron chi connectivity index (χ2n) is 7.52. The van der Waals surface area contributed by atoms with Crippen LogP contribution in [-0.4, -0.2) is 73.0 Å². The molecule has 0 aliphatic carbocycles. The maximum atomic E-state index is 12.7. The van der Waals surface area contributed by atoms with Crippen molar-refractivity contribution < 1.29 is 22.8 Å². The second-order valence-corrected chi connectivity index (χ2v) is 7.52. The van der Waals surface area contributed by atoms with Gasteiger partial charge in [0.25, 0.3) is 0 Å². The molecule has 2 fully saturated rings. The SMILES string of the molecule is CCNC(=NCCN1C(=O)CNC1=O)NC1CCN(Cc2ccc(C(F)(F)F)cc2)C1. The summed E-state index contributed by atoms with van der Waals surface area (Å²) in [7, 11) is 0. The van der Waals surface area contributed by atoms with Crippen LogP contribution >= 0.6 is 0 Å². The van der Waals surface area contributed by atoms with Gasteiger partial charge in [-0.1, -0.05) is 12.1 Å². The molecule has 11 heteroatoms. The van der Waals surface area contributed by atoms with E-state index in [9.17, 15) is 22.8 Å². The number of hydrogen-bond acceptors (Lipinski definition) is 4. The van der Waals surface area contributed by atoms with E-state index in [-0.39, 0.29) is 31.6 Å². The number of hydrogen-bond donors (Lipinski definition) is 3. The largest absolute Gasteiger partial charge is 0.416 e. The minimum atomic E-state index is -4.32. The summed E-state index contributed by atoms with van der Waals surface area (Å²) in [5.41, 5.74) is 0.194. The van der Waals surface area contributed by atoms with Crippen LogP contribution < -0.4 is 16.0 Å². The number of imide groups is 1. The minimum absolute atomic E-state index is 0.0255. The highest BCUT2D eigenvalue weighted by atomic mass is 19.4. The summed E-state index contributed by atoms with van der Waals surface area (Å²) in [5, 5.41) is 8.98. The van der Waals surface area contributed by atoms with E-state index in [1.54, 1.807) is 0 Å². The van der Waals surface area contributed by atoms with Crippen LogP contribution in [0.15, 0.2) is 29.3 Å². The highest BCUT2D eigenvalue weighted by Gasteiger charge is 2.30. The van der Waals surface area contributed by atoms with E-state index in [2.05, 4.69) is 25.8 Å². The lowest BCUT2D eigenvalue weighted by Crippen LogP contribution is -2.45. The van der Waals surface area contributed by atoms with Gasteiger partial charge in [-0.3, -0.25) is 19.6 Å². The summed E-state index contributed by atoms with van der Waals surface area (Å²) >= 11 is 0. The molecular weight excluding hydrogens is 413 g/mol. The number of alkyl halides is 3. The number of nitrogens with zero attached hydrogens (tertiary/aromatic N) is 3. The molecule has 0 aromatic heterocycles. The van der Waals surface area contributed by atoms with Crippen LogP contribution in [0.25, 0.3) is 0 Å². The first-order valence-electron chi connectivity index (χ1n) is 10.3. The lowest BCUT2D eigenvalue weighted by molar-refractivity contribution is -0.137. The van der Waals surface area contributed by atoms with Crippen molar-refractivity contribution in [2.75, 3.05) is 39.3 Å². The normalized spacial score (nSPS) is 20.3. The van der Waals surface area contributed by atoms with Gasteiger partial charge in [0.15, 0.2) is 5.96 Å². The highest BCUT2D eigenvalue weighted by molar-refractivity contribution is 6.01. The molecule has 3 rings (SSSR count). The first-order valence-corrected chi connectivity index (χ1v) is 10.3. The summed E-state index contributed by atoms with van der Waals surface area (Å²) in [6, 6.07) is 5.01. The van der Waals surface area contributed by atoms with Gasteiger partial charge in [0.05, 0.1) is 25.2 Å². The molecule has 2 heterocycles. The zero-order valence-corrected chi connectivity index (χ0v) is 17.3. The number of rotatable bonds is 7. The molecule has 170 valence electrons. The Hall–Kier alpha value is -2.82. The Morgan fingerprint density at radius 2 is 2.00 bits per heavy atom. The standard InChI is InChI=1S/C20H27F3N6O2/c1-2-24-18(25-8-10-29-17(30)11-26-19(29)31)27-16-7-9-28(13-16)12-14-3-5-15(6-4-14)20(21,22)23/h3-6,16H,2,7-13H2,1H3,(H,26,31)(H2,24,25,27). The van der Waals surface area contributed by atoms with E-state index in [1.165, 1.54) is 12.1 Å². The fourth-order valence-electron chi connectivity index (χ4n) is 3.61. The van der Waals surface area contributed by atoms with Gasteiger partial charge in [0.1, 0.15) is 0 Å². The number of aliphatic imine (C=N–C) groups is 1. The van der Waals surface area contributed by atoms with Crippen molar-refractivity contribution in [3.63, 3.8) is 0 Å². The Morgan fingerprint density at radius 1 is 1.26 bits per heavy atom. The van der Waals surface area contributed by atoms with Crippen LogP contribution in [0.2, 0.25) is 0 Å². The van der Waals surface area contributed by atoms with Gasteiger partial charge >= 0.3 is 12.2 Å². The topological polar surface area (TPSA) is 89.1 Å². The van der Waals surface area contributed by atoms with Crippen LogP contribution in [0.3, 0.4) is 0 Å². The van der Waals surface area contributed by atoms with Crippen LogP contribution in [0.1, 0.15) is 24.5 Å². The number of carbonyl (C=O) groups is 2. The van der Waals surface area contributed by atoms with Crippen molar-refractivity contribution >= 4 is 17.9 Å². The summed E-state index contributed by atoms with van der Waals surface area (Å²) in [6.07, 6.45) is -3.45. The van der Waals surface area contributed by atoms with E-state index in [0.29, 0.717) is 19.0 Å². The fraction of sp³-hybridized carbons (Fsp3) is 0.550. The molecule has 3 N–H and O–H groups in total. The van der Waals surface area contributed by atoms with Gasteiger partial charge in [-0.25, -0.2) is 4.79 Å². The predicted molar refractivity (Wildman–Crippen MR) is 109 cm³/mol. The first kappa shape index (κ1) is 22.9. The third-order valence-electron chi connectivity index (χ3n) is 5.18. The molecule has 0 spiro atoms. The number of urea groups is 1. The Kier molecular flexibility index (Phi) is 7.37. The minimum Gasteiger partial charge on any atom is -0.357 e. The first-order chi connectivity index (χ1) is 14.8. The molecule has 2 aliphatic rings. The number of halogens is 3. The molecule has 1 aromatic rings. The van der Waals surface area contributed by atoms with Crippen molar-refractivity contribution in [1.82, 2.24) is 25.8 Å². The molecule has 0 radical (unpaired) electrons. The van der Waals surface area contributed by atoms with E-state index < -0.39 is 17.8 Å². The van der Waals surface area contributed by atoms with Crippen molar-refractivity contribution in [3.05, 3.63) is 35.4 Å². The second kappa shape index (κ2) is 9.99. The molecular formula is C20H27F3N6O2. The van der Waals surface area contributed by atoms with Gasteiger partial charge in [0.2, 0.25) is 5.91 Å². The maximum absolute atomic E-state index is 12.7. The average molecular weight is 440 g/mol. The van der Waals surface area contributed by atoms with Crippen molar-refractivity contribution in [1.29, 1.82) is 0 Å². The lowest BCUT2D eigenvalue weighted by atomic mass is 10.1. The smallest absolute Gasteiger partial charge is 0.357 e. The zero-order chi connectivity index (χ0) is 22.4. The van der Waals surface area contributed by atoms with Gasteiger partial charge in [0, 0.05) is 32.2 Å². The Bertz CT molecular complexity index is 796. The van der Waals surface area contributed by atoms with Crippen molar-refractivity contribution in [2.45, 2.75) is 32.1 Å². The molecule has 1 aromatic carbocycles. The predicted octanol–water partition coefficient (Wildman–Crippen LogP) is 1.39. The van der Waals surface area contributed by atoms with Gasteiger partial charge in [-0.15, -0.1) is 0 Å². The number of carbonyl (C=O) groups excluding carboxylic acids is 2. The molecule has 0 saturated carbocycles. The molecule has 8 nitrogen and oxygen atoms in total. The Balaban J connectivity index is 1.48. The van der Waals surface area contributed by atoms with Crippen molar-refractivity contribution in [2.24, 2.45) is 4.99 Å².